The Morgan fingerprint density at radius 2 is 2.31 bits per heavy atom. The van der Waals surface area contributed by atoms with Gasteiger partial charge in [-0.3, -0.25) is 4.79 Å². The monoisotopic (exact) mass is 234 g/mol. The smallest absolute Gasteiger partial charge is 0.313 e. The molecule has 83 valence electrons. The van der Waals surface area contributed by atoms with E-state index in [0.29, 0.717) is 0 Å². The first-order chi connectivity index (χ1) is 7.68. The molecule has 4 heteroatoms. The van der Waals surface area contributed by atoms with Gasteiger partial charge in [-0.1, -0.05) is 18.2 Å². The maximum Gasteiger partial charge on any atom is 0.313 e. The third-order valence-corrected chi connectivity index (χ3v) is 3.50. The normalized spacial score (nSPS) is 12.8. The SMILES string of the molecule is CC(SCC(=O)O)n1c[c]c2ccccc21. The van der Waals surface area contributed by atoms with E-state index in [-0.39, 0.29) is 11.1 Å². The van der Waals surface area contributed by atoms with Crippen LogP contribution in [0.4, 0.5) is 0 Å². The van der Waals surface area contributed by atoms with Gasteiger partial charge in [0.05, 0.1) is 11.1 Å². The second-order valence-electron chi connectivity index (χ2n) is 3.50. The van der Waals surface area contributed by atoms with Gasteiger partial charge in [0.2, 0.25) is 0 Å². The van der Waals surface area contributed by atoms with Crippen molar-refractivity contribution in [2.75, 3.05) is 5.75 Å². The number of thioether (sulfide) groups is 1. The zero-order valence-corrected chi connectivity index (χ0v) is 9.70. The number of carboxylic acids is 1. The number of aromatic nitrogens is 1. The van der Waals surface area contributed by atoms with E-state index in [2.05, 4.69) is 6.07 Å². The predicted molar refractivity (Wildman–Crippen MR) is 65.6 cm³/mol. The van der Waals surface area contributed by atoms with Crippen molar-refractivity contribution in [2.24, 2.45) is 0 Å². The van der Waals surface area contributed by atoms with E-state index < -0.39 is 5.97 Å². The highest BCUT2D eigenvalue weighted by Gasteiger charge is 2.09. The molecule has 1 aromatic carbocycles. The van der Waals surface area contributed by atoms with Gasteiger partial charge in [0, 0.05) is 23.2 Å². The molecule has 0 aliphatic carbocycles. The Balaban J connectivity index is 2.22. The Labute approximate surface area is 98.1 Å². The van der Waals surface area contributed by atoms with Crippen LogP contribution in [0.3, 0.4) is 0 Å². The van der Waals surface area contributed by atoms with E-state index in [4.69, 9.17) is 5.11 Å². The average molecular weight is 234 g/mol. The molecule has 0 aliphatic rings. The number of rotatable bonds is 4. The van der Waals surface area contributed by atoms with Crippen molar-refractivity contribution in [1.29, 1.82) is 0 Å². The van der Waals surface area contributed by atoms with Gasteiger partial charge in [0.15, 0.2) is 0 Å². The maximum absolute atomic E-state index is 10.5. The van der Waals surface area contributed by atoms with Crippen molar-refractivity contribution in [3.05, 3.63) is 36.5 Å². The van der Waals surface area contributed by atoms with E-state index in [1.165, 1.54) is 11.8 Å². The van der Waals surface area contributed by atoms with E-state index in [1.807, 2.05) is 42.0 Å². The van der Waals surface area contributed by atoms with Crippen molar-refractivity contribution in [3.63, 3.8) is 0 Å². The van der Waals surface area contributed by atoms with Crippen LogP contribution in [0.25, 0.3) is 10.9 Å². The standard InChI is InChI=1S/C12H12NO2S/c1-9(16-8-12(14)15)13-7-6-10-4-2-3-5-11(10)13/h2-5,7,9H,8H2,1H3,(H,14,15). The minimum atomic E-state index is -0.780. The van der Waals surface area contributed by atoms with Crippen molar-refractivity contribution in [3.8, 4) is 0 Å². The molecule has 0 saturated carbocycles. The Bertz CT molecular complexity index is 506. The first-order valence-corrected chi connectivity index (χ1v) is 6.04. The summed E-state index contributed by atoms with van der Waals surface area (Å²) >= 11 is 1.40. The van der Waals surface area contributed by atoms with Gasteiger partial charge in [-0.25, -0.2) is 0 Å². The summed E-state index contributed by atoms with van der Waals surface area (Å²) in [5, 5.41) is 9.80. The minimum absolute atomic E-state index is 0.104. The number of carboxylic acid groups (broad SMARTS) is 1. The topological polar surface area (TPSA) is 42.2 Å². The van der Waals surface area contributed by atoms with Gasteiger partial charge < -0.3 is 9.67 Å². The van der Waals surface area contributed by atoms with Crippen molar-refractivity contribution in [1.82, 2.24) is 4.57 Å². The molecule has 2 rings (SSSR count). The molecule has 1 radical (unpaired) electrons. The van der Waals surface area contributed by atoms with Gasteiger partial charge in [-0.2, -0.15) is 0 Å². The zero-order chi connectivity index (χ0) is 11.5. The van der Waals surface area contributed by atoms with E-state index in [1.54, 1.807) is 0 Å². The molecule has 16 heavy (non-hydrogen) atoms. The molecule has 3 nitrogen and oxygen atoms in total. The Morgan fingerprint density at radius 1 is 1.56 bits per heavy atom. The summed E-state index contributed by atoms with van der Waals surface area (Å²) in [5.74, 6) is -0.662. The van der Waals surface area contributed by atoms with Gasteiger partial charge in [0.1, 0.15) is 0 Å². The molecule has 0 fully saturated rings. The van der Waals surface area contributed by atoms with Gasteiger partial charge in [-0.15, -0.1) is 11.8 Å². The average Bonchev–Trinajstić information content (AvgIpc) is 2.69. The summed E-state index contributed by atoms with van der Waals surface area (Å²) in [6.07, 6.45) is 1.88. The molecule has 1 heterocycles. The molecule has 0 saturated heterocycles. The van der Waals surface area contributed by atoms with Crippen LogP contribution in [0.1, 0.15) is 12.3 Å². The van der Waals surface area contributed by atoms with Crippen LogP contribution in [-0.4, -0.2) is 21.4 Å². The number of aliphatic carboxylic acids is 1. The maximum atomic E-state index is 10.5. The molecule has 1 atom stereocenters. The molecule has 0 bridgehead atoms. The highest BCUT2D eigenvalue weighted by molar-refractivity contribution is 7.99. The minimum Gasteiger partial charge on any atom is -0.481 e. The van der Waals surface area contributed by atoms with Gasteiger partial charge in [-0.05, 0) is 13.0 Å². The first-order valence-electron chi connectivity index (χ1n) is 4.99. The second kappa shape index (κ2) is 4.61. The number of hydrogen-bond donors (Lipinski definition) is 1. The van der Waals surface area contributed by atoms with Crippen LogP contribution < -0.4 is 0 Å². The number of hydrogen-bond acceptors (Lipinski definition) is 2. The fraction of sp³-hybridized carbons (Fsp3) is 0.250. The van der Waals surface area contributed by atoms with Crippen LogP contribution in [0.15, 0.2) is 30.5 Å². The molecule has 1 aromatic heterocycles. The molecular weight excluding hydrogens is 222 g/mol. The van der Waals surface area contributed by atoms with Crippen LogP contribution in [-0.2, 0) is 4.79 Å². The highest BCUT2D eigenvalue weighted by atomic mass is 32.2. The van der Waals surface area contributed by atoms with Crippen LogP contribution >= 0.6 is 11.8 Å². The molecule has 1 unspecified atom stereocenters. The summed E-state index contributed by atoms with van der Waals surface area (Å²) in [4.78, 5) is 10.5. The van der Waals surface area contributed by atoms with Crippen LogP contribution in [0, 0.1) is 6.07 Å². The van der Waals surface area contributed by atoms with E-state index in [9.17, 15) is 4.79 Å². The van der Waals surface area contributed by atoms with Crippen molar-refractivity contribution < 1.29 is 9.90 Å². The zero-order valence-electron chi connectivity index (χ0n) is 8.88. The number of carbonyl (C=O) groups is 1. The number of benzene rings is 1. The van der Waals surface area contributed by atoms with Gasteiger partial charge >= 0.3 is 5.97 Å². The third-order valence-electron chi connectivity index (χ3n) is 2.38. The largest absolute Gasteiger partial charge is 0.481 e. The Hall–Kier alpha value is -1.42. The third kappa shape index (κ3) is 2.22. The number of nitrogens with zero attached hydrogens (tertiary/aromatic N) is 1. The van der Waals surface area contributed by atoms with Crippen molar-refractivity contribution in [2.45, 2.75) is 12.3 Å². The molecule has 1 N–H and O–H groups in total. The molecule has 0 amide bonds. The van der Waals surface area contributed by atoms with Crippen molar-refractivity contribution >= 4 is 28.6 Å². The Morgan fingerprint density at radius 3 is 3.06 bits per heavy atom. The lowest BCUT2D eigenvalue weighted by atomic mass is 10.2. The Kier molecular flexibility index (Phi) is 3.19. The quantitative estimate of drug-likeness (QED) is 0.884. The van der Waals surface area contributed by atoms with E-state index in [0.717, 1.165) is 10.9 Å². The summed E-state index contributed by atoms with van der Waals surface area (Å²) in [6.45, 7) is 1.99. The molecular formula is C12H12NO2S. The van der Waals surface area contributed by atoms with E-state index >= 15 is 0 Å². The molecule has 0 spiro atoms. The summed E-state index contributed by atoms with van der Waals surface area (Å²) in [5.41, 5.74) is 1.09. The lowest BCUT2D eigenvalue weighted by Gasteiger charge is -2.13. The first kappa shape index (κ1) is 11.1. The summed E-state index contributed by atoms with van der Waals surface area (Å²) < 4.78 is 2.04. The second-order valence-corrected chi connectivity index (χ2v) is 4.81. The molecule has 2 aromatic rings. The fourth-order valence-corrected chi connectivity index (χ4v) is 2.32. The highest BCUT2D eigenvalue weighted by Crippen LogP contribution is 2.26. The number of para-hydroxylation sites is 1. The number of fused-ring (bicyclic) bond motifs is 1. The summed E-state index contributed by atoms with van der Waals surface area (Å²) in [6, 6.07) is 11.1. The van der Waals surface area contributed by atoms with Crippen LogP contribution in [0.2, 0.25) is 0 Å². The summed E-state index contributed by atoms with van der Waals surface area (Å²) in [7, 11) is 0. The lowest BCUT2D eigenvalue weighted by Crippen LogP contribution is -2.05. The van der Waals surface area contributed by atoms with Gasteiger partial charge in [0.25, 0.3) is 0 Å². The lowest BCUT2D eigenvalue weighted by molar-refractivity contribution is -0.133. The van der Waals surface area contributed by atoms with Crippen LogP contribution in [0.5, 0.6) is 0 Å². The molecule has 0 aliphatic heterocycles. The predicted octanol–water partition coefficient (Wildman–Crippen LogP) is 2.78. The fourth-order valence-electron chi connectivity index (χ4n) is 1.60.